The molecule has 1 aliphatic carbocycles. The molecule has 1 N–H and O–H groups in total. The summed E-state index contributed by atoms with van der Waals surface area (Å²) >= 11 is 1.25. The second-order valence-corrected chi connectivity index (χ2v) is 12.3. The van der Waals surface area contributed by atoms with Gasteiger partial charge >= 0.3 is 11.9 Å². The second-order valence-electron chi connectivity index (χ2n) is 11.3. The van der Waals surface area contributed by atoms with Gasteiger partial charge in [0, 0.05) is 84.5 Å². The van der Waals surface area contributed by atoms with E-state index < -0.39 is 36.2 Å². The monoisotopic (exact) mass is 591 g/mol. The minimum atomic E-state index is -4.75. The molecule has 41 heavy (non-hydrogen) atoms. The average Bonchev–Trinajstić information content (AvgIpc) is 3.11. The first-order valence-electron chi connectivity index (χ1n) is 13.7. The van der Waals surface area contributed by atoms with Gasteiger partial charge in [-0.2, -0.15) is 18.2 Å². The van der Waals surface area contributed by atoms with Crippen LogP contribution in [0.25, 0.3) is 16.5 Å². The number of rotatable bonds is 3. The van der Waals surface area contributed by atoms with Gasteiger partial charge in [0.05, 0.1) is 11.1 Å². The minimum absolute atomic E-state index is 0.0362. The first kappa shape index (κ1) is 28.1. The van der Waals surface area contributed by atoms with Crippen molar-refractivity contribution in [3.8, 4) is 0 Å². The molecule has 4 heterocycles. The lowest BCUT2D eigenvalue weighted by Gasteiger charge is -2.37. The number of hydrogen-bond acceptors (Lipinski definition) is 6. The molecular weight excluding hydrogens is 561 g/mol. The zero-order valence-corrected chi connectivity index (χ0v) is 23.5. The van der Waals surface area contributed by atoms with E-state index in [9.17, 15) is 26.7 Å². The summed E-state index contributed by atoms with van der Waals surface area (Å²) in [5.74, 6) is -2.53. The van der Waals surface area contributed by atoms with E-state index >= 15 is 0 Å². The molecule has 2 aliphatic heterocycles. The highest BCUT2D eigenvalue weighted by Gasteiger charge is 2.41. The van der Waals surface area contributed by atoms with Crippen LogP contribution < -0.4 is 15.9 Å². The van der Waals surface area contributed by atoms with E-state index in [0.717, 1.165) is 11.6 Å². The molecule has 1 aromatic carbocycles. The number of aromatic nitrogens is 3. The number of halogens is 5. The van der Waals surface area contributed by atoms with Crippen molar-refractivity contribution in [1.29, 1.82) is 0 Å². The summed E-state index contributed by atoms with van der Waals surface area (Å²) in [6.45, 7) is 5.13. The van der Waals surface area contributed by atoms with E-state index in [1.165, 1.54) is 22.4 Å². The number of allylic oxidation sites excluding steroid dienone is 2. The summed E-state index contributed by atoms with van der Waals surface area (Å²) in [4.78, 5) is 24.4. The van der Waals surface area contributed by atoms with Crippen LogP contribution in [0.5, 0.6) is 0 Å². The summed E-state index contributed by atoms with van der Waals surface area (Å²) in [6, 6.07) is 4.83. The molecule has 6 nitrogen and oxygen atoms in total. The van der Waals surface area contributed by atoms with Gasteiger partial charge in [-0.25, -0.2) is 13.6 Å². The summed E-state index contributed by atoms with van der Waals surface area (Å²) in [7, 11) is 0. The normalized spacial score (nSPS) is 24.7. The fourth-order valence-corrected chi connectivity index (χ4v) is 7.71. The minimum Gasteiger partial charge on any atom is -0.353 e. The third-order valence-electron chi connectivity index (χ3n) is 8.10. The highest BCUT2D eigenvalue weighted by Crippen LogP contribution is 2.50. The number of nitrogens with zero attached hydrogens (tertiary/aromatic N) is 4. The van der Waals surface area contributed by atoms with Gasteiger partial charge < -0.3 is 10.2 Å². The Kier molecular flexibility index (Phi) is 7.12. The topological polar surface area (TPSA) is 63.1 Å². The molecule has 12 heteroatoms. The molecule has 0 unspecified atom stereocenters. The maximum Gasteiger partial charge on any atom is 0.417 e. The van der Waals surface area contributed by atoms with Crippen molar-refractivity contribution < 1.29 is 22.0 Å². The number of thioether (sulfide) groups is 1. The molecule has 0 spiro atoms. The fraction of sp³-hybridized carbons (Fsp3) is 0.483. The molecule has 0 bridgehead atoms. The van der Waals surface area contributed by atoms with Crippen molar-refractivity contribution in [3.63, 3.8) is 0 Å². The Morgan fingerprint density at radius 2 is 1.80 bits per heavy atom. The van der Waals surface area contributed by atoms with E-state index in [1.807, 2.05) is 30.9 Å². The molecule has 0 radical (unpaired) electrons. The Labute approximate surface area is 238 Å². The van der Waals surface area contributed by atoms with Crippen LogP contribution in [-0.4, -0.2) is 51.4 Å². The molecule has 3 aliphatic rings. The van der Waals surface area contributed by atoms with Gasteiger partial charge in [-0.15, -0.1) is 11.8 Å². The number of pyridine rings is 1. The van der Waals surface area contributed by atoms with Gasteiger partial charge in [0.15, 0.2) is 0 Å². The maximum absolute atomic E-state index is 14.8. The standard InChI is InChI=1S/C29H30F5N5OS/c1-16-12-38(13-17(2)36-16)26-21-11-22(29(32,33)34)23(19-3-7-28(30,31)8-4-19)25-24(21)39(27(40)37-26)14-20(15-41-25)18-5-9-35-10-6-18/h3,5-6,9-11,16-17,20,36H,4,7-8,12-15H2,1-2H3/t16-,17+,20-/m0/s1. The molecule has 3 atom stereocenters. The van der Waals surface area contributed by atoms with Gasteiger partial charge in [0.25, 0.3) is 5.92 Å². The first-order valence-corrected chi connectivity index (χ1v) is 14.7. The van der Waals surface area contributed by atoms with Gasteiger partial charge in [-0.3, -0.25) is 9.55 Å². The molecule has 1 saturated heterocycles. The fourth-order valence-electron chi connectivity index (χ4n) is 6.30. The Morgan fingerprint density at radius 3 is 2.44 bits per heavy atom. The molecule has 1 fully saturated rings. The maximum atomic E-state index is 14.8. The van der Waals surface area contributed by atoms with Crippen LogP contribution >= 0.6 is 11.8 Å². The highest BCUT2D eigenvalue weighted by atomic mass is 32.2. The summed E-state index contributed by atoms with van der Waals surface area (Å²) < 4.78 is 74.1. The lowest BCUT2D eigenvalue weighted by molar-refractivity contribution is -0.137. The van der Waals surface area contributed by atoms with Crippen molar-refractivity contribution in [1.82, 2.24) is 19.9 Å². The van der Waals surface area contributed by atoms with Crippen LogP contribution in [0.15, 0.2) is 46.4 Å². The van der Waals surface area contributed by atoms with Crippen molar-refractivity contribution in [3.05, 3.63) is 63.8 Å². The van der Waals surface area contributed by atoms with Crippen LogP contribution in [0, 0.1) is 0 Å². The highest BCUT2D eigenvalue weighted by molar-refractivity contribution is 7.99. The number of nitrogens with one attached hydrogen (secondary N) is 1. The van der Waals surface area contributed by atoms with Crippen molar-refractivity contribution in [2.75, 3.05) is 23.7 Å². The molecule has 0 amide bonds. The molecule has 0 saturated carbocycles. The smallest absolute Gasteiger partial charge is 0.353 e. The Balaban J connectivity index is 1.65. The van der Waals surface area contributed by atoms with Gasteiger partial charge in [-0.05, 0) is 49.6 Å². The average molecular weight is 592 g/mol. The van der Waals surface area contributed by atoms with E-state index in [-0.39, 0.29) is 53.3 Å². The largest absolute Gasteiger partial charge is 0.417 e. The lowest BCUT2D eigenvalue weighted by atomic mass is 9.87. The Bertz CT molecular complexity index is 1560. The Morgan fingerprint density at radius 1 is 1.10 bits per heavy atom. The van der Waals surface area contributed by atoms with Crippen molar-refractivity contribution in [2.45, 2.75) is 74.7 Å². The van der Waals surface area contributed by atoms with E-state index in [2.05, 4.69) is 15.3 Å². The van der Waals surface area contributed by atoms with Gasteiger partial charge in [-0.1, -0.05) is 6.08 Å². The van der Waals surface area contributed by atoms with Crippen LogP contribution in [-0.2, 0) is 12.7 Å². The van der Waals surface area contributed by atoms with Gasteiger partial charge in [0.2, 0.25) is 0 Å². The van der Waals surface area contributed by atoms with Crippen LogP contribution in [0.4, 0.5) is 27.8 Å². The molecule has 3 aromatic rings. The van der Waals surface area contributed by atoms with Crippen molar-refractivity contribution >= 4 is 34.1 Å². The molecular formula is C29H30F5N5OS. The van der Waals surface area contributed by atoms with Crippen LogP contribution in [0.2, 0.25) is 0 Å². The molecule has 2 aromatic heterocycles. The predicted octanol–water partition coefficient (Wildman–Crippen LogP) is 6.09. The third kappa shape index (κ3) is 5.36. The number of alkyl halides is 5. The number of benzene rings is 1. The van der Waals surface area contributed by atoms with Crippen LogP contribution in [0.1, 0.15) is 55.7 Å². The van der Waals surface area contributed by atoms with Gasteiger partial charge in [0.1, 0.15) is 5.82 Å². The third-order valence-corrected chi connectivity index (χ3v) is 9.35. The van der Waals surface area contributed by atoms with E-state index in [1.54, 1.807) is 12.4 Å². The van der Waals surface area contributed by atoms with Crippen LogP contribution in [0.3, 0.4) is 0 Å². The van der Waals surface area contributed by atoms with E-state index in [0.29, 0.717) is 29.3 Å². The zero-order chi connectivity index (χ0) is 29.1. The molecule has 218 valence electrons. The number of piperazine rings is 1. The number of hydrogen-bond donors (Lipinski definition) is 1. The molecule has 6 rings (SSSR count). The quantitative estimate of drug-likeness (QED) is 0.372. The zero-order valence-electron chi connectivity index (χ0n) is 22.6. The summed E-state index contributed by atoms with van der Waals surface area (Å²) in [5, 5.41) is 3.66. The number of anilines is 1. The first-order chi connectivity index (χ1) is 19.4. The SMILES string of the molecule is C[C@@H]1CN(c2nc(=O)n3c4c(c(C5=CCC(F)(F)CC5)c(C(F)(F)F)cc24)SC[C@@H](c2ccncc2)C3)C[C@H](C)N1. The summed E-state index contributed by atoms with van der Waals surface area (Å²) in [5.41, 5.74) is 0.0368. The predicted molar refractivity (Wildman–Crippen MR) is 150 cm³/mol. The Hall–Kier alpha value is -2.99. The van der Waals surface area contributed by atoms with Crippen molar-refractivity contribution in [2.24, 2.45) is 0 Å². The summed E-state index contributed by atoms with van der Waals surface area (Å²) in [6.07, 6.45) is -1.55. The van der Waals surface area contributed by atoms with E-state index in [4.69, 9.17) is 0 Å². The second kappa shape index (κ2) is 10.4. The lowest BCUT2D eigenvalue weighted by Crippen LogP contribution is -2.55.